The van der Waals surface area contributed by atoms with Crippen LogP contribution in [0.25, 0.3) is 0 Å². The summed E-state index contributed by atoms with van der Waals surface area (Å²) in [5.41, 5.74) is 0.847. The molecular weight excluding hydrogens is 270 g/mol. The molecule has 2 rings (SSSR count). The molecule has 1 aromatic rings. The maximum Gasteiger partial charge on any atom is 0.0816 e. The molecule has 112 valence electrons. The first-order chi connectivity index (χ1) is 9.66. The fourth-order valence-corrected chi connectivity index (χ4v) is 3.41. The molecule has 1 unspecified atom stereocenters. The average molecular weight is 296 g/mol. The lowest BCUT2D eigenvalue weighted by molar-refractivity contribution is 0.140. The number of aliphatic hydroxyl groups is 1. The molecule has 1 aromatic carbocycles. The molecule has 1 saturated carbocycles. The SMILES string of the molecule is CN(CCC(O)c1ccccc1Cl)CC1CCCCC1. The van der Waals surface area contributed by atoms with Crippen LogP contribution in [-0.4, -0.2) is 30.1 Å². The van der Waals surface area contributed by atoms with E-state index in [0.717, 1.165) is 31.0 Å². The van der Waals surface area contributed by atoms with Crippen molar-refractivity contribution >= 4 is 11.6 Å². The number of aliphatic hydroxyl groups excluding tert-OH is 1. The maximum absolute atomic E-state index is 10.2. The summed E-state index contributed by atoms with van der Waals surface area (Å²) >= 11 is 6.12. The largest absolute Gasteiger partial charge is 0.388 e. The van der Waals surface area contributed by atoms with E-state index in [-0.39, 0.29) is 0 Å². The second-order valence-electron chi connectivity index (χ2n) is 6.09. The van der Waals surface area contributed by atoms with Crippen LogP contribution in [-0.2, 0) is 0 Å². The minimum atomic E-state index is -0.461. The first kappa shape index (κ1) is 15.8. The molecule has 2 nitrogen and oxygen atoms in total. The molecule has 0 spiro atoms. The van der Waals surface area contributed by atoms with E-state index < -0.39 is 6.10 Å². The van der Waals surface area contributed by atoms with Crippen LogP contribution >= 0.6 is 11.6 Å². The molecule has 1 atom stereocenters. The Hall–Kier alpha value is -0.570. The number of rotatable bonds is 6. The van der Waals surface area contributed by atoms with E-state index in [9.17, 15) is 5.11 Å². The van der Waals surface area contributed by atoms with Crippen LogP contribution in [0.15, 0.2) is 24.3 Å². The fraction of sp³-hybridized carbons (Fsp3) is 0.647. The van der Waals surface area contributed by atoms with Crippen LogP contribution in [0, 0.1) is 5.92 Å². The third kappa shape index (κ3) is 4.76. The van der Waals surface area contributed by atoms with Gasteiger partial charge >= 0.3 is 0 Å². The molecule has 0 radical (unpaired) electrons. The van der Waals surface area contributed by atoms with Crippen molar-refractivity contribution in [2.45, 2.75) is 44.6 Å². The van der Waals surface area contributed by atoms with Crippen LogP contribution in [0.3, 0.4) is 0 Å². The molecular formula is C17H26ClNO. The van der Waals surface area contributed by atoms with Gasteiger partial charge in [-0.05, 0) is 43.9 Å². The molecule has 1 N–H and O–H groups in total. The van der Waals surface area contributed by atoms with Gasteiger partial charge < -0.3 is 10.0 Å². The Kier molecular flexibility index (Phi) is 6.34. The highest BCUT2D eigenvalue weighted by Gasteiger charge is 2.17. The van der Waals surface area contributed by atoms with Crippen LogP contribution < -0.4 is 0 Å². The minimum Gasteiger partial charge on any atom is -0.388 e. The Morgan fingerprint density at radius 3 is 2.65 bits per heavy atom. The predicted molar refractivity (Wildman–Crippen MR) is 85.1 cm³/mol. The molecule has 0 aliphatic heterocycles. The van der Waals surface area contributed by atoms with E-state index in [0.29, 0.717) is 5.02 Å². The number of nitrogens with zero attached hydrogens (tertiary/aromatic N) is 1. The summed E-state index contributed by atoms with van der Waals surface area (Å²) in [6, 6.07) is 7.57. The van der Waals surface area contributed by atoms with E-state index in [4.69, 9.17) is 11.6 Å². The average Bonchev–Trinajstić information content (AvgIpc) is 2.46. The van der Waals surface area contributed by atoms with Crippen molar-refractivity contribution in [2.24, 2.45) is 5.92 Å². The zero-order valence-corrected chi connectivity index (χ0v) is 13.1. The summed E-state index contributed by atoms with van der Waals surface area (Å²) < 4.78 is 0. The molecule has 1 fully saturated rings. The molecule has 1 aliphatic rings. The van der Waals surface area contributed by atoms with Gasteiger partial charge in [-0.15, -0.1) is 0 Å². The van der Waals surface area contributed by atoms with Crippen molar-refractivity contribution in [1.29, 1.82) is 0 Å². The standard InChI is InChI=1S/C17H26ClNO/c1-19(13-14-7-3-2-4-8-14)12-11-17(20)15-9-5-6-10-16(15)18/h5-6,9-10,14,17,20H,2-4,7-8,11-13H2,1H3. The summed E-state index contributed by atoms with van der Waals surface area (Å²) in [5, 5.41) is 10.9. The summed E-state index contributed by atoms with van der Waals surface area (Å²) in [4.78, 5) is 2.36. The number of halogens is 1. The van der Waals surface area contributed by atoms with Gasteiger partial charge in [0.15, 0.2) is 0 Å². The van der Waals surface area contributed by atoms with Crippen LogP contribution in [0.2, 0.25) is 5.02 Å². The van der Waals surface area contributed by atoms with E-state index in [1.807, 2.05) is 24.3 Å². The van der Waals surface area contributed by atoms with Gasteiger partial charge in [0.1, 0.15) is 0 Å². The van der Waals surface area contributed by atoms with E-state index in [2.05, 4.69) is 11.9 Å². The molecule has 20 heavy (non-hydrogen) atoms. The maximum atomic E-state index is 10.2. The molecule has 0 bridgehead atoms. The minimum absolute atomic E-state index is 0.461. The topological polar surface area (TPSA) is 23.5 Å². The number of hydrogen-bond acceptors (Lipinski definition) is 2. The lowest BCUT2D eigenvalue weighted by Crippen LogP contribution is -2.28. The monoisotopic (exact) mass is 295 g/mol. The number of hydrogen-bond donors (Lipinski definition) is 1. The third-order valence-electron chi connectivity index (χ3n) is 4.34. The second kappa shape index (κ2) is 8.02. The van der Waals surface area contributed by atoms with Crippen molar-refractivity contribution in [3.8, 4) is 0 Å². The van der Waals surface area contributed by atoms with Crippen molar-refractivity contribution in [2.75, 3.05) is 20.1 Å². The lowest BCUT2D eigenvalue weighted by atomic mass is 9.89. The fourth-order valence-electron chi connectivity index (χ4n) is 3.15. The smallest absolute Gasteiger partial charge is 0.0816 e. The van der Waals surface area contributed by atoms with Gasteiger partial charge in [-0.1, -0.05) is 49.1 Å². The zero-order valence-electron chi connectivity index (χ0n) is 12.4. The van der Waals surface area contributed by atoms with Crippen LogP contribution in [0.1, 0.15) is 50.2 Å². The van der Waals surface area contributed by atoms with Gasteiger partial charge in [-0.2, -0.15) is 0 Å². The van der Waals surface area contributed by atoms with Crippen molar-refractivity contribution < 1.29 is 5.11 Å². The third-order valence-corrected chi connectivity index (χ3v) is 4.69. The number of benzene rings is 1. The highest BCUT2D eigenvalue weighted by Crippen LogP contribution is 2.26. The van der Waals surface area contributed by atoms with E-state index in [1.165, 1.54) is 32.1 Å². The molecule has 0 heterocycles. The Bertz CT molecular complexity index is 404. The molecule has 0 saturated heterocycles. The predicted octanol–water partition coefficient (Wildman–Crippen LogP) is 4.28. The normalized spacial score (nSPS) is 18.4. The van der Waals surface area contributed by atoms with Crippen LogP contribution in [0.4, 0.5) is 0 Å². The Balaban J connectivity index is 1.75. The van der Waals surface area contributed by atoms with E-state index >= 15 is 0 Å². The van der Waals surface area contributed by atoms with Gasteiger partial charge in [-0.3, -0.25) is 0 Å². The van der Waals surface area contributed by atoms with Crippen molar-refractivity contribution in [1.82, 2.24) is 4.90 Å². The summed E-state index contributed by atoms with van der Waals surface area (Å²) in [5.74, 6) is 0.853. The highest BCUT2D eigenvalue weighted by atomic mass is 35.5. The summed E-state index contributed by atoms with van der Waals surface area (Å²) in [7, 11) is 2.16. The van der Waals surface area contributed by atoms with Gasteiger partial charge in [0.05, 0.1) is 6.10 Å². The van der Waals surface area contributed by atoms with Crippen molar-refractivity contribution in [3.63, 3.8) is 0 Å². The lowest BCUT2D eigenvalue weighted by Gasteiger charge is -2.27. The second-order valence-corrected chi connectivity index (χ2v) is 6.50. The quantitative estimate of drug-likeness (QED) is 0.847. The first-order valence-electron chi connectivity index (χ1n) is 7.78. The summed E-state index contributed by atoms with van der Waals surface area (Å²) in [6.45, 7) is 2.08. The molecule has 3 heteroatoms. The molecule has 0 amide bonds. The first-order valence-corrected chi connectivity index (χ1v) is 8.15. The highest BCUT2D eigenvalue weighted by molar-refractivity contribution is 6.31. The zero-order chi connectivity index (χ0) is 14.4. The van der Waals surface area contributed by atoms with Gasteiger partial charge in [0.25, 0.3) is 0 Å². The molecule has 0 aromatic heterocycles. The van der Waals surface area contributed by atoms with Gasteiger partial charge in [-0.25, -0.2) is 0 Å². The Morgan fingerprint density at radius 1 is 1.25 bits per heavy atom. The Morgan fingerprint density at radius 2 is 1.95 bits per heavy atom. The summed E-state index contributed by atoms with van der Waals surface area (Å²) in [6.07, 6.45) is 7.21. The Labute approximate surface area is 127 Å². The molecule has 1 aliphatic carbocycles. The van der Waals surface area contributed by atoms with E-state index in [1.54, 1.807) is 0 Å². The van der Waals surface area contributed by atoms with Crippen LogP contribution in [0.5, 0.6) is 0 Å². The van der Waals surface area contributed by atoms with Gasteiger partial charge in [0, 0.05) is 18.1 Å². The van der Waals surface area contributed by atoms with Gasteiger partial charge in [0.2, 0.25) is 0 Å². The van der Waals surface area contributed by atoms with Crippen molar-refractivity contribution in [3.05, 3.63) is 34.9 Å².